The van der Waals surface area contributed by atoms with E-state index in [1.807, 2.05) is 22.7 Å². The highest BCUT2D eigenvalue weighted by Gasteiger charge is 2.15. The van der Waals surface area contributed by atoms with Gasteiger partial charge in [-0.3, -0.25) is 0 Å². The van der Waals surface area contributed by atoms with Crippen LogP contribution in [-0.2, 0) is 6.42 Å². The molecule has 1 atom stereocenters. The Labute approximate surface area is 235 Å². The zero-order valence-corrected chi connectivity index (χ0v) is 24.7. The van der Waals surface area contributed by atoms with Gasteiger partial charge in [0.05, 0.1) is 9.40 Å². The molecule has 0 N–H and O–H groups in total. The Morgan fingerprint density at radius 1 is 0.553 bits per heavy atom. The van der Waals surface area contributed by atoms with Crippen LogP contribution < -0.4 is 0 Å². The summed E-state index contributed by atoms with van der Waals surface area (Å²) in [6.45, 7) is 4.64. The van der Waals surface area contributed by atoms with Crippen LogP contribution in [0, 0.1) is 5.92 Å². The van der Waals surface area contributed by atoms with E-state index in [0.717, 1.165) is 5.92 Å². The van der Waals surface area contributed by atoms with Crippen LogP contribution in [0.3, 0.4) is 0 Å². The molecule has 0 bridgehead atoms. The Bertz CT molecular complexity index is 1680. The molecule has 0 aliphatic heterocycles. The molecule has 6 rings (SSSR count). The Kier molecular flexibility index (Phi) is 8.00. The van der Waals surface area contributed by atoms with Crippen molar-refractivity contribution in [2.45, 2.75) is 84.5 Å². The number of rotatable bonds is 12. The molecule has 4 aromatic carbocycles. The van der Waals surface area contributed by atoms with Crippen molar-refractivity contribution in [1.82, 2.24) is 0 Å². The van der Waals surface area contributed by atoms with Crippen LogP contribution in [0.4, 0.5) is 0 Å². The molecule has 0 aliphatic rings. The fourth-order valence-electron chi connectivity index (χ4n) is 6.25. The first kappa shape index (κ1) is 25.8. The van der Waals surface area contributed by atoms with E-state index in [0.29, 0.717) is 0 Å². The van der Waals surface area contributed by atoms with E-state index >= 15 is 0 Å². The van der Waals surface area contributed by atoms with E-state index in [-0.39, 0.29) is 0 Å². The summed E-state index contributed by atoms with van der Waals surface area (Å²) in [6, 6.07) is 25.7. The van der Waals surface area contributed by atoms with Crippen molar-refractivity contribution in [3.05, 3.63) is 72.3 Å². The van der Waals surface area contributed by atoms with Gasteiger partial charge in [0.15, 0.2) is 0 Å². The fraction of sp³-hybridized carbons (Fsp3) is 0.389. The topological polar surface area (TPSA) is 0 Å². The van der Waals surface area contributed by atoms with Crippen LogP contribution in [0.1, 0.15) is 83.6 Å². The average molecular weight is 537 g/mol. The molecule has 0 fully saturated rings. The first-order chi connectivity index (χ1) is 18.7. The van der Waals surface area contributed by atoms with Crippen LogP contribution >= 0.6 is 22.7 Å². The molecular formula is C36H40S2. The Balaban J connectivity index is 1.27. The lowest BCUT2D eigenvalue weighted by atomic mass is 9.88. The molecule has 0 saturated heterocycles. The summed E-state index contributed by atoms with van der Waals surface area (Å²) < 4.78 is 5.76. The summed E-state index contributed by atoms with van der Waals surface area (Å²) in [4.78, 5) is 0. The summed E-state index contributed by atoms with van der Waals surface area (Å²) in [5.74, 6) is 0.829. The normalized spacial score (nSPS) is 13.0. The van der Waals surface area contributed by atoms with Gasteiger partial charge in [-0.2, -0.15) is 0 Å². The standard InChI is InChI=1S/C36H40S2/c1-3-5-7-8-9-10-14-25(13-6-4-2)19-26-17-18-29-22-32-34(24-30(29)20-26)38-35-31-21-27-15-11-12-16-28(27)23-33(31)37-36(32)35/h11-12,15-18,20-25H,3-10,13-14,19H2,1-2H3. The van der Waals surface area contributed by atoms with E-state index in [1.165, 1.54) is 127 Å². The van der Waals surface area contributed by atoms with Gasteiger partial charge in [-0.15, -0.1) is 22.7 Å². The summed E-state index contributed by atoms with van der Waals surface area (Å²) in [5, 5.41) is 8.31. The van der Waals surface area contributed by atoms with Gasteiger partial charge in [-0.25, -0.2) is 0 Å². The number of thiophene rings is 2. The van der Waals surface area contributed by atoms with Crippen molar-refractivity contribution in [2.24, 2.45) is 5.92 Å². The minimum atomic E-state index is 0.829. The van der Waals surface area contributed by atoms with Gasteiger partial charge in [0.2, 0.25) is 0 Å². The quantitative estimate of drug-likeness (QED) is 0.136. The fourth-order valence-corrected chi connectivity index (χ4v) is 8.95. The van der Waals surface area contributed by atoms with Crippen molar-refractivity contribution in [1.29, 1.82) is 0 Å². The Morgan fingerprint density at radius 2 is 1.13 bits per heavy atom. The molecule has 2 heterocycles. The smallest absolute Gasteiger partial charge is 0.0542 e. The van der Waals surface area contributed by atoms with Gasteiger partial charge < -0.3 is 0 Å². The summed E-state index contributed by atoms with van der Waals surface area (Å²) in [6.07, 6.45) is 15.1. The second-order valence-corrected chi connectivity index (χ2v) is 13.5. The molecule has 6 aromatic rings. The number of hydrogen-bond donors (Lipinski definition) is 0. The molecule has 2 aromatic heterocycles. The number of hydrogen-bond acceptors (Lipinski definition) is 2. The van der Waals surface area contributed by atoms with Crippen LogP contribution in [0.25, 0.3) is 51.1 Å². The minimum Gasteiger partial charge on any atom is -0.134 e. The van der Waals surface area contributed by atoms with Crippen molar-refractivity contribution >= 4 is 73.8 Å². The average Bonchev–Trinajstić information content (AvgIpc) is 3.46. The van der Waals surface area contributed by atoms with E-state index in [2.05, 4.69) is 80.6 Å². The maximum absolute atomic E-state index is 2.49. The molecule has 0 aliphatic carbocycles. The molecule has 2 heteroatoms. The number of unbranched alkanes of at least 4 members (excludes halogenated alkanes) is 6. The molecule has 0 radical (unpaired) electrons. The largest absolute Gasteiger partial charge is 0.134 e. The molecule has 0 spiro atoms. The molecule has 196 valence electrons. The molecule has 0 saturated carbocycles. The number of benzene rings is 4. The van der Waals surface area contributed by atoms with E-state index in [1.54, 1.807) is 0 Å². The molecular weight excluding hydrogens is 497 g/mol. The SMILES string of the molecule is CCCCCCCCC(CCCC)Cc1ccc2cc3c(cc2c1)sc1c2cc4ccccc4cc2sc31. The maximum atomic E-state index is 2.49. The van der Waals surface area contributed by atoms with Crippen LogP contribution in [-0.4, -0.2) is 0 Å². The first-order valence-electron chi connectivity index (χ1n) is 14.9. The van der Waals surface area contributed by atoms with Gasteiger partial charge in [-0.1, -0.05) is 121 Å². The molecule has 0 nitrogen and oxygen atoms in total. The highest BCUT2D eigenvalue weighted by molar-refractivity contribution is 7.36. The predicted molar refractivity (Wildman–Crippen MR) is 174 cm³/mol. The van der Waals surface area contributed by atoms with Crippen molar-refractivity contribution < 1.29 is 0 Å². The molecule has 1 unspecified atom stereocenters. The van der Waals surface area contributed by atoms with Crippen LogP contribution in [0.5, 0.6) is 0 Å². The summed E-state index contributed by atoms with van der Waals surface area (Å²) in [7, 11) is 0. The summed E-state index contributed by atoms with van der Waals surface area (Å²) >= 11 is 3.95. The lowest BCUT2D eigenvalue weighted by molar-refractivity contribution is 0.408. The van der Waals surface area contributed by atoms with Crippen LogP contribution in [0.15, 0.2) is 66.7 Å². The Morgan fingerprint density at radius 3 is 1.84 bits per heavy atom. The maximum Gasteiger partial charge on any atom is 0.0542 e. The third-order valence-corrected chi connectivity index (χ3v) is 10.9. The monoisotopic (exact) mass is 536 g/mol. The van der Waals surface area contributed by atoms with Gasteiger partial charge in [0.25, 0.3) is 0 Å². The minimum absolute atomic E-state index is 0.829. The van der Waals surface area contributed by atoms with Crippen molar-refractivity contribution in [2.75, 3.05) is 0 Å². The zero-order valence-electron chi connectivity index (χ0n) is 23.0. The highest BCUT2D eigenvalue weighted by Crippen LogP contribution is 2.46. The predicted octanol–water partition coefficient (Wildman–Crippen LogP) is 12.7. The van der Waals surface area contributed by atoms with Gasteiger partial charge in [0.1, 0.15) is 0 Å². The summed E-state index contributed by atoms with van der Waals surface area (Å²) in [5.41, 5.74) is 1.53. The molecule has 0 amide bonds. The second kappa shape index (κ2) is 11.8. The first-order valence-corrected chi connectivity index (χ1v) is 16.6. The number of fused-ring (bicyclic) bond motifs is 7. The van der Waals surface area contributed by atoms with Crippen molar-refractivity contribution in [3.63, 3.8) is 0 Å². The van der Waals surface area contributed by atoms with Crippen LogP contribution in [0.2, 0.25) is 0 Å². The lowest BCUT2D eigenvalue weighted by Gasteiger charge is -2.17. The van der Waals surface area contributed by atoms with E-state index < -0.39 is 0 Å². The van der Waals surface area contributed by atoms with Gasteiger partial charge in [0, 0.05) is 20.2 Å². The molecule has 38 heavy (non-hydrogen) atoms. The van der Waals surface area contributed by atoms with Gasteiger partial charge >= 0.3 is 0 Å². The third-order valence-electron chi connectivity index (χ3n) is 8.43. The Hall–Kier alpha value is -2.42. The van der Waals surface area contributed by atoms with E-state index in [4.69, 9.17) is 0 Å². The van der Waals surface area contributed by atoms with Crippen molar-refractivity contribution in [3.8, 4) is 0 Å². The lowest BCUT2D eigenvalue weighted by Crippen LogP contribution is -2.05. The van der Waals surface area contributed by atoms with E-state index in [9.17, 15) is 0 Å². The second-order valence-electron chi connectivity index (χ2n) is 11.4. The third kappa shape index (κ3) is 5.36. The zero-order chi connectivity index (χ0) is 25.9. The van der Waals surface area contributed by atoms with Gasteiger partial charge in [-0.05, 0) is 63.7 Å². The highest BCUT2D eigenvalue weighted by atomic mass is 32.1.